The second kappa shape index (κ2) is 5.98. The summed E-state index contributed by atoms with van der Waals surface area (Å²) >= 11 is 1.88. The van der Waals surface area contributed by atoms with Gasteiger partial charge in [0.2, 0.25) is 0 Å². The molecule has 2 N–H and O–H groups in total. The van der Waals surface area contributed by atoms with Gasteiger partial charge in [-0.05, 0) is 64.1 Å². The number of aryl methyl sites for hydroxylation is 1. The number of rotatable bonds is 4. The minimum absolute atomic E-state index is 0.0383. The number of aliphatic hydroxyl groups is 1. The Morgan fingerprint density at radius 1 is 1.35 bits per heavy atom. The molecular weight excluding hydrogens is 230 g/mol. The van der Waals surface area contributed by atoms with Gasteiger partial charge < -0.3 is 10.4 Å². The highest BCUT2D eigenvalue weighted by Gasteiger charge is 2.19. The van der Waals surface area contributed by atoms with Crippen LogP contribution in [0.5, 0.6) is 0 Å². The van der Waals surface area contributed by atoms with E-state index in [4.69, 9.17) is 0 Å². The molecule has 1 atom stereocenters. The molecule has 0 bridgehead atoms. The second-order valence-corrected chi connectivity index (χ2v) is 6.57. The lowest BCUT2D eigenvalue weighted by atomic mass is 9.87. The van der Waals surface area contributed by atoms with E-state index in [0.29, 0.717) is 6.04 Å². The maximum absolute atomic E-state index is 9.47. The topological polar surface area (TPSA) is 32.3 Å². The molecule has 3 heteroatoms. The van der Waals surface area contributed by atoms with E-state index in [-0.39, 0.29) is 6.10 Å². The number of hydrogen-bond acceptors (Lipinski definition) is 3. The third kappa shape index (κ3) is 3.80. The van der Waals surface area contributed by atoms with Crippen LogP contribution in [0.25, 0.3) is 0 Å². The van der Waals surface area contributed by atoms with Crippen molar-refractivity contribution in [2.24, 2.45) is 5.92 Å². The van der Waals surface area contributed by atoms with Crippen molar-refractivity contribution in [3.63, 3.8) is 0 Å². The monoisotopic (exact) mass is 253 g/mol. The molecule has 0 spiro atoms. The van der Waals surface area contributed by atoms with Gasteiger partial charge in [0, 0.05) is 15.8 Å². The fourth-order valence-corrected chi connectivity index (χ4v) is 3.38. The lowest BCUT2D eigenvalue weighted by molar-refractivity contribution is 0.108. The highest BCUT2D eigenvalue weighted by molar-refractivity contribution is 7.12. The maximum Gasteiger partial charge on any atom is 0.0540 e. The molecule has 1 aliphatic carbocycles. The molecule has 1 unspecified atom stereocenters. The SMILES string of the molecule is Cc1ccc(C(C)NCC2CCC(O)CC2)s1. The summed E-state index contributed by atoms with van der Waals surface area (Å²) in [7, 11) is 0. The third-order valence-corrected chi connectivity index (χ3v) is 4.90. The van der Waals surface area contributed by atoms with Crippen molar-refractivity contribution < 1.29 is 5.11 Å². The normalized spacial score (nSPS) is 27.0. The summed E-state index contributed by atoms with van der Waals surface area (Å²) < 4.78 is 0. The summed E-state index contributed by atoms with van der Waals surface area (Å²) in [6.45, 7) is 5.48. The van der Waals surface area contributed by atoms with E-state index in [1.807, 2.05) is 11.3 Å². The first-order valence-corrected chi connectivity index (χ1v) is 7.44. The lowest BCUT2D eigenvalue weighted by Gasteiger charge is -2.26. The number of thiophene rings is 1. The molecule has 1 fully saturated rings. The zero-order valence-corrected chi connectivity index (χ0v) is 11.6. The zero-order chi connectivity index (χ0) is 12.3. The van der Waals surface area contributed by atoms with Crippen molar-refractivity contribution in [2.75, 3.05) is 6.54 Å². The highest BCUT2D eigenvalue weighted by atomic mass is 32.1. The molecule has 0 amide bonds. The average molecular weight is 253 g/mol. The molecule has 0 aliphatic heterocycles. The average Bonchev–Trinajstić information content (AvgIpc) is 2.75. The Morgan fingerprint density at radius 2 is 2.06 bits per heavy atom. The molecule has 2 nitrogen and oxygen atoms in total. The molecule has 1 heterocycles. The van der Waals surface area contributed by atoms with Gasteiger partial charge in [-0.1, -0.05) is 0 Å². The van der Waals surface area contributed by atoms with E-state index < -0.39 is 0 Å². The first-order chi connectivity index (χ1) is 8.15. The molecule has 2 rings (SSSR count). The van der Waals surface area contributed by atoms with Crippen LogP contribution in [0.2, 0.25) is 0 Å². The molecule has 17 heavy (non-hydrogen) atoms. The van der Waals surface area contributed by atoms with E-state index in [1.165, 1.54) is 22.6 Å². The molecule has 1 saturated carbocycles. The van der Waals surface area contributed by atoms with Crippen LogP contribution in [-0.4, -0.2) is 17.8 Å². The summed E-state index contributed by atoms with van der Waals surface area (Å²) in [6.07, 6.45) is 4.27. The molecule has 0 aromatic carbocycles. The molecule has 96 valence electrons. The van der Waals surface area contributed by atoms with Crippen LogP contribution in [0.4, 0.5) is 0 Å². The Kier molecular flexibility index (Phi) is 4.60. The summed E-state index contributed by atoms with van der Waals surface area (Å²) in [4.78, 5) is 2.81. The zero-order valence-electron chi connectivity index (χ0n) is 10.8. The van der Waals surface area contributed by atoms with E-state index in [9.17, 15) is 5.11 Å². The minimum Gasteiger partial charge on any atom is -0.393 e. The first-order valence-electron chi connectivity index (χ1n) is 6.63. The van der Waals surface area contributed by atoms with Crippen LogP contribution < -0.4 is 5.32 Å². The van der Waals surface area contributed by atoms with Crippen LogP contribution in [-0.2, 0) is 0 Å². The Morgan fingerprint density at radius 3 is 2.65 bits per heavy atom. The van der Waals surface area contributed by atoms with Crippen molar-refractivity contribution in [1.29, 1.82) is 0 Å². The molecular formula is C14H23NOS. The van der Waals surface area contributed by atoms with Crippen molar-refractivity contribution in [1.82, 2.24) is 5.32 Å². The quantitative estimate of drug-likeness (QED) is 0.863. The van der Waals surface area contributed by atoms with Gasteiger partial charge in [-0.3, -0.25) is 0 Å². The number of aliphatic hydroxyl groups excluding tert-OH is 1. The number of hydrogen-bond donors (Lipinski definition) is 2. The summed E-state index contributed by atoms with van der Waals surface area (Å²) in [6, 6.07) is 4.87. The Balaban J connectivity index is 1.74. The van der Waals surface area contributed by atoms with E-state index in [0.717, 1.165) is 25.3 Å². The molecule has 0 saturated heterocycles. The van der Waals surface area contributed by atoms with Crippen molar-refractivity contribution in [2.45, 2.75) is 51.7 Å². The predicted molar refractivity (Wildman–Crippen MR) is 73.4 cm³/mol. The first kappa shape index (κ1) is 13.1. The van der Waals surface area contributed by atoms with Gasteiger partial charge in [0.25, 0.3) is 0 Å². The van der Waals surface area contributed by atoms with Gasteiger partial charge in [-0.25, -0.2) is 0 Å². The Hall–Kier alpha value is -0.380. The molecule has 1 aromatic heterocycles. The second-order valence-electron chi connectivity index (χ2n) is 5.25. The van der Waals surface area contributed by atoms with E-state index >= 15 is 0 Å². The van der Waals surface area contributed by atoms with Crippen molar-refractivity contribution in [3.8, 4) is 0 Å². The van der Waals surface area contributed by atoms with E-state index in [1.54, 1.807) is 0 Å². The molecule has 0 radical (unpaired) electrons. The number of nitrogens with one attached hydrogen (secondary N) is 1. The van der Waals surface area contributed by atoms with Crippen molar-refractivity contribution in [3.05, 3.63) is 21.9 Å². The summed E-state index contributed by atoms with van der Waals surface area (Å²) in [5.74, 6) is 0.752. The predicted octanol–water partition coefficient (Wildman–Crippen LogP) is 3.26. The van der Waals surface area contributed by atoms with Gasteiger partial charge >= 0.3 is 0 Å². The summed E-state index contributed by atoms with van der Waals surface area (Å²) in [5, 5.41) is 13.1. The van der Waals surface area contributed by atoms with Crippen LogP contribution in [0.1, 0.15) is 48.4 Å². The van der Waals surface area contributed by atoms with Crippen LogP contribution in [0, 0.1) is 12.8 Å². The fourth-order valence-electron chi connectivity index (χ4n) is 2.48. The van der Waals surface area contributed by atoms with Gasteiger partial charge in [0.05, 0.1) is 6.10 Å². The van der Waals surface area contributed by atoms with E-state index in [2.05, 4.69) is 31.3 Å². The third-order valence-electron chi connectivity index (χ3n) is 3.72. The summed E-state index contributed by atoms with van der Waals surface area (Å²) in [5.41, 5.74) is 0. The minimum atomic E-state index is -0.0383. The van der Waals surface area contributed by atoms with Gasteiger partial charge in [-0.2, -0.15) is 0 Å². The smallest absolute Gasteiger partial charge is 0.0540 e. The molecule has 1 aliphatic rings. The largest absolute Gasteiger partial charge is 0.393 e. The Labute approximate surface area is 108 Å². The fraction of sp³-hybridized carbons (Fsp3) is 0.714. The molecule has 1 aromatic rings. The van der Waals surface area contributed by atoms with Crippen LogP contribution in [0.15, 0.2) is 12.1 Å². The van der Waals surface area contributed by atoms with Crippen molar-refractivity contribution >= 4 is 11.3 Å². The highest BCUT2D eigenvalue weighted by Crippen LogP contribution is 2.26. The Bertz CT molecular complexity index is 342. The van der Waals surface area contributed by atoms with Gasteiger partial charge in [0.15, 0.2) is 0 Å². The van der Waals surface area contributed by atoms with Gasteiger partial charge in [-0.15, -0.1) is 11.3 Å². The standard InChI is InChI=1S/C14H23NOS/c1-10-3-8-14(17-10)11(2)15-9-12-4-6-13(16)7-5-12/h3,8,11-13,15-16H,4-7,9H2,1-2H3. The van der Waals surface area contributed by atoms with Crippen LogP contribution >= 0.6 is 11.3 Å². The maximum atomic E-state index is 9.47. The lowest BCUT2D eigenvalue weighted by Crippen LogP contribution is -2.29. The van der Waals surface area contributed by atoms with Crippen LogP contribution in [0.3, 0.4) is 0 Å². The van der Waals surface area contributed by atoms with Gasteiger partial charge in [0.1, 0.15) is 0 Å².